The number of nitrogens with zero attached hydrogens (tertiary/aromatic N) is 1. The molecule has 0 aromatic carbocycles. The summed E-state index contributed by atoms with van der Waals surface area (Å²) in [6.45, 7) is 8.97. The van der Waals surface area contributed by atoms with Crippen molar-refractivity contribution < 1.29 is 0 Å². The van der Waals surface area contributed by atoms with Gasteiger partial charge in [-0.05, 0) is 32.0 Å². The molecule has 0 atom stereocenters. The number of thiocarbonyl (C=S) groups is 1. The average Bonchev–Trinajstić information content (AvgIpc) is 1.96. The number of hydrogen-bond donors (Lipinski definition) is 2. The molecule has 0 rings (SSSR count). The zero-order chi connectivity index (χ0) is 9.56. The molecule has 4 heteroatoms. The third-order valence-corrected chi connectivity index (χ3v) is 1.29. The lowest BCUT2D eigenvalue weighted by atomic mass is 10.2. The van der Waals surface area contributed by atoms with Crippen LogP contribution in [0.4, 0.5) is 0 Å². The van der Waals surface area contributed by atoms with Crippen molar-refractivity contribution >= 4 is 23.0 Å². The molecule has 0 aromatic heterocycles. The summed E-state index contributed by atoms with van der Waals surface area (Å²) in [5.74, 6) is 0.594. The van der Waals surface area contributed by atoms with Crippen molar-refractivity contribution in [2.75, 3.05) is 6.54 Å². The van der Waals surface area contributed by atoms with E-state index in [9.17, 15) is 0 Å². The molecule has 0 spiro atoms. The summed E-state index contributed by atoms with van der Waals surface area (Å²) in [5, 5.41) is 7.60. The molecule has 2 N–H and O–H groups in total. The monoisotopic (exact) mass is 187 g/mol. The maximum Gasteiger partial charge on any atom is 0.186 e. The van der Waals surface area contributed by atoms with E-state index >= 15 is 0 Å². The van der Waals surface area contributed by atoms with E-state index in [-0.39, 0.29) is 0 Å². The van der Waals surface area contributed by atoms with Crippen LogP contribution in [-0.2, 0) is 0 Å². The topological polar surface area (TPSA) is 36.4 Å². The molecule has 0 saturated heterocycles. The second kappa shape index (κ2) is 5.94. The molecular weight excluding hydrogens is 170 g/mol. The van der Waals surface area contributed by atoms with Crippen LogP contribution in [0.3, 0.4) is 0 Å². The molecule has 0 aromatic rings. The van der Waals surface area contributed by atoms with Gasteiger partial charge < -0.3 is 5.32 Å². The number of hydrogen-bond acceptors (Lipinski definition) is 2. The van der Waals surface area contributed by atoms with Gasteiger partial charge in [0.2, 0.25) is 0 Å². The van der Waals surface area contributed by atoms with Crippen LogP contribution in [0.1, 0.15) is 27.7 Å². The van der Waals surface area contributed by atoms with Crippen molar-refractivity contribution in [2.24, 2.45) is 11.0 Å². The Kier molecular flexibility index (Phi) is 5.62. The molecule has 0 fully saturated rings. The predicted octanol–water partition coefficient (Wildman–Crippen LogP) is 1.50. The van der Waals surface area contributed by atoms with E-state index in [1.165, 1.54) is 0 Å². The highest BCUT2D eigenvalue weighted by Gasteiger charge is 1.94. The molecule has 70 valence electrons. The Morgan fingerprint density at radius 2 is 2.00 bits per heavy atom. The van der Waals surface area contributed by atoms with Gasteiger partial charge in [-0.3, -0.25) is 5.43 Å². The minimum Gasteiger partial charge on any atom is -0.361 e. The van der Waals surface area contributed by atoms with E-state index in [4.69, 9.17) is 12.2 Å². The maximum atomic E-state index is 4.96. The standard InChI is InChI=1S/C8H17N3S/c1-6(2)5-9-8(12)11-10-7(3)4/h6H,5H2,1-4H3,(H2,9,11,12). The quantitative estimate of drug-likeness (QED) is 0.399. The Labute approximate surface area is 79.6 Å². The highest BCUT2D eigenvalue weighted by atomic mass is 32.1. The first-order valence-corrected chi connectivity index (χ1v) is 4.48. The van der Waals surface area contributed by atoms with Crippen LogP contribution < -0.4 is 10.7 Å². The lowest BCUT2D eigenvalue weighted by Gasteiger charge is -2.08. The van der Waals surface area contributed by atoms with E-state index in [1.54, 1.807) is 0 Å². The molecule has 0 amide bonds. The third-order valence-electron chi connectivity index (χ3n) is 1.05. The first-order chi connectivity index (χ1) is 5.52. The maximum absolute atomic E-state index is 4.96. The van der Waals surface area contributed by atoms with Gasteiger partial charge in [0.1, 0.15) is 0 Å². The summed E-state index contributed by atoms with van der Waals surface area (Å²) >= 11 is 4.96. The van der Waals surface area contributed by atoms with E-state index < -0.39 is 0 Å². The van der Waals surface area contributed by atoms with Gasteiger partial charge >= 0.3 is 0 Å². The van der Waals surface area contributed by atoms with Crippen molar-refractivity contribution in [3.63, 3.8) is 0 Å². The van der Waals surface area contributed by atoms with E-state index in [0.29, 0.717) is 11.0 Å². The molecule has 0 heterocycles. The molecule has 0 bridgehead atoms. The molecule has 0 saturated carbocycles. The molecule has 0 aliphatic carbocycles. The number of hydrazone groups is 1. The summed E-state index contributed by atoms with van der Waals surface area (Å²) in [7, 11) is 0. The summed E-state index contributed by atoms with van der Waals surface area (Å²) < 4.78 is 0. The number of rotatable bonds is 3. The van der Waals surface area contributed by atoms with Gasteiger partial charge in [-0.25, -0.2) is 0 Å². The normalized spacial score (nSPS) is 9.42. The van der Waals surface area contributed by atoms with Crippen LogP contribution in [0, 0.1) is 5.92 Å². The fourth-order valence-electron chi connectivity index (χ4n) is 0.499. The second-order valence-electron chi connectivity index (χ2n) is 3.27. The molecule has 0 aliphatic rings. The molecule has 0 radical (unpaired) electrons. The minimum absolute atomic E-state index is 0.588. The zero-order valence-corrected chi connectivity index (χ0v) is 8.96. The lowest BCUT2D eigenvalue weighted by Crippen LogP contribution is -2.34. The third kappa shape index (κ3) is 7.47. The Morgan fingerprint density at radius 1 is 1.42 bits per heavy atom. The Bertz CT molecular complexity index is 171. The van der Waals surface area contributed by atoms with Crippen molar-refractivity contribution in [2.45, 2.75) is 27.7 Å². The van der Waals surface area contributed by atoms with Gasteiger partial charge in [0.05, 0.1) is 0 Å². The van der Waals surface area contributed by atoms with Crippen LogP contribution in [0.2, 0.25) is 0 Å². The van der Waals surface area contributed by atoms with Crippen molar-refractivity contribution in [3.8, 4) is 0 Å². The summed E-state index contributed by atoms with van der Waals surface area (Å²) in [5.41, 5.74) is 3.71. The number of nitrogens with one attached hydrogen (secondary N) is 2. The van der Waals surface area contributed by atoms with Crippen molar-refractivity contribution in [1.82, 2.24) is 10.7 Å². The van der Waals surface area contributed by atoms with E-state index in [2.05, 4.69) is 29.7 Å². The van der Waals surface area contributed by atoms with Crippen molar-refractivity contribution in [1.29, 1.82) is 0 Å². The van der Waals surface area contributed by atoms with Gasteiger partial charge in [-0.1, -0.05) is 13.8 Å². The van der Waals surface area contributed by atoms with Gasteiger partial charge in [0.15, 0.2) is 5.11 Å². The van der Waals surface area contributed by atoms with Gasteiger partial charge in [-0.2, -0.15) is 5.10 Å². The van der Waals surface area contributed by atoms with E-state index in [0.717, 1.165) is 12.3 Å². The Morgan fingerprint density at radius 3 is 2.42 bits per heavy atom. The predicted molar refractivity (Wildman–Crippen MR) is 57.4 cm³/mol. The van der Waals surface area contributed by atoms with Gasteiger partial charge in [0.25, 0.3) is 0 Å². The molecular formula is C8H17N3S. The summed E-state index contributed by atoms with van der Waals surface area (Å²) in [4.78, 5) is 0. The molecule has 0 unspecified atom stereocenters. The Hall–Kier alpha value is -0.640. The SMILES string of the molecule is CC(C)=NNC(=S)NCC(C)C. The average molecular weight is 187 g/mol. The Balaban J connectivity index is 3.54. The smallest absolute Gasteiger partial charge is 0.186 e. The van der Waals surface area contributed by atoms with Crippen LogP contribution in [-0.4, -0.2) is 17.4 Å². The highest BCUT2D eigenvalue weighted by Crippen LogP contribution is 1.86. The zero-order valence-electron chi connectivity index (χ0n) is 8.14. The summed E-state index contributed by atoms with van der Waals surface area (Å²) in [6.07, 6.45) is 0. The first-order valence-electron chi connectivity index (χ1n) is 4.07. The highest BCUT2D eigenvalue weighted by molar-refractivity contribution is 7.80. The van der Waals surface area contributed by atoms with Crippen molar-refractivity contribution in [3.05, 3.63) is 0 Å². The molecule has 12 heavy (non-hydrogen) atoms. The van der Waals surface area contributed by atoms with Gasteiger partial charge in [0, 0.05) is 12.3 Å². The molecule has 3 nitrogen and oxygen atoms in total. The van der Waals surface area contributed by atoms with Crippen LogP contribution >= 0.6 is 12.2 Å². The van der Waals surface area contributed by atoms with E-state index in [1.807, 2.05) is 13.8 Å². The second-order valence-corrected chi connectivity index (χ2v) is 3.68. The van der Waals surface area contributed by atoms with Crippen LogP contribution in [0.15, 0.2) is 5.10 Å². The largest absolute Gasteiger partial charge is 0.361 e. The van der Waals surface area contributed by atoms with Crippen LogP contribution in [0.25, 0.3) is 0 Å². The lowest BCUT2D eigenvalue weighted by molar-refractivity contribution is 0.621. The molecule has 0 aliphatic heterocycles. The minimum atomic E-state index is 0.588. The fraction of sp³-hybridized carbons (Fsp3) is 0.750. The van der Waals surface area contributed by atoms with Gasteiger partial charge in [-0.15, -0.1) is 0 Å². The fourth-order valence-corrected chi connectivity index (χ4v) is 0.628. The van der Waals surface area contributed by atoms with Crippen LogP contribution in [0.5, 0.6) is 0 Å². The summed E-state index contributed by atoms with van der Waals surface area (Å²) in [6, 6.07) is 0. The first kappa shape index (κ1) is 11.4.